The van der Waals surface area contributed by atoms with Gasteiger partial charge in [0.2, 0.25) is 0 Å². The Hall–Kier alpha value is -3.63. The van der Waals surface area contributed by atoms with E-state index in [1.807, 2.05) is 18.2 Å². The molecule has 0 aliphatic heterocycles. The molecule has 0 aliphatic rings. The summed E-state index contributed by atoms with van der Waals surface area (Å²) in [6.45, 7) is 0.258. The van der Waals surface area contributed by atoms with Crippen LogP contribution in [0.4, 0.5) is 0 Å². The molecule has 27 heavy (non-hydrogen) atoms. The van der Waals surface area contributed by atoms with Crippen molar-refractivity contribution in [3.05, 3.63) is 80.7 Å². The minimum Gasteiger partial charge on any atom is -0.488 e. The first-order valence-corrected chi connectivity index (χ1v) is 8.10. The lowest BCUT2D eigenvalue weighted by atomic mass is 10.1. The van der Waals surface area contributed by atoms with Crippen molar-refractivity contribution in [1.82, 2.24) is 9.97 Å². The zero-order valence-corrected chi connectivity index (χ0v) is 14.5. The molecular weight excluding hydrogens is 370 g/mol. The number of nitriles is 1. The van der Waals surface area contributed by atoms with E-state index in [1.54, 1.807) is 24.3 Å². The summed E-state index contributed by atoms with van der Waals surface area (Å²) in [6, 6.07) is 13.9. The molecule has 0 fully saturated rings. The van der Waals surface area contributed by atoms with E-state index in [9.17, 15) is 14.9 Å². The number of aromatic nitrogens is 2. The third kappa shape index (κ3) is 4.14. The van der Waals surface area contributed by atoms with Crippen LogP contribution >= 0.6 is 11.6 Å². The fraction of sp³-hybridized carbons (Fsp3) is 0.0526. The molecule has 1 heterocycles. The second-order valence-corrected chi connectivity index (χ2v) is 5.95. The lowest BCUT2D eigenvalue weighted by Crippen LogP contribution is -2.18. The van der Waals surface area contributed by atoms with E-state index in [0.717, 1.165) is 11.8 Å². The van der Waals surface area contributed by atoms with Crippen LogP contribution in [-0.2, 0) is 6.61 Å². The van der Waals surface area contributed by atoms with E-state index in [1.165, 1.54) is 6.07 Å². The van der Waals surface area contributed by atoms with Crippen LogP contribution < -0.4 is 10.3 Å². The Morgan fingerprint density at radius 1 is 1.26 bits per heavy atom. The van der Waals surface area contributed by atoms with E-state index in [2.05, 4.69) is 9.97 Å². The van der Waals surface area contributed by atoms with Gasteiger partial charge in [0, 0.05) is 16.8 Å². The van der Waals surface area contributed by atoms with Gasteiger partial charge in [0.15, 0.2) is 0 Å². The second kappa shape index (κ2) is 7.72. The fourth-order valence-electron chi connectivity index (χ4n) is 2.33. The maximum atomic E-state index is 11.8. The van der Waals surface area contributed by atoms with E-state index >= 15 is 0 Å². The van der Waals surface area contributed by atoms with E-state index in [-0.39, 0.29) is 18.0 Å². The molecule has 0 saturated carbocycles. The third-order valence-electron chi connectivity index (χ3n) is 3.71. The Balaban J connectivity index is 1.85. The number of nitrogens with one attached hydrogen (secondary N) is 1. The molecule has 0 aliphatic carbocycles. The monoisotopic (exact) mass is 381 g/mol. The van der Waals surface area contributed by atoms with Crippen LogP contribution in [0.5, 0.6) is 5.75 Å². The average Bonchev–Trinajstić information content (AvgIpc) is 2.67. The smallest absolute Gasteiger partial charge is 0.342 e. The largest absolute Gasteiger partial charge is 0.488 e. The van der Waals surface area contributed by atoms with Gasteiger partial charge in [-0.25, -0.2) is 9.78 Å². The summed E-state index contributed by atoms with van der Waals surface area (Å²) in [6.07, 6.45) is 0.980. The quantitative estimate of drug-likeness (QED) is 0.700. The van der Waals surface area contributed by atoms with Gasteiger partial charge in [0.05, 0.1) is 5.56 Å². The van der Waals surface area contributed by atoms with Crippen molar-refractivity contribution < 1.29 is 14.6 Å². The number of aromatic carboxylic acids is 1. The third-order valence-corrected chi connectivity index (χ3v) is 3.96. The topological polar surface area (TPSA) is 116 Å². The second-order valence-electron chi connectivity index (χ2n) is 5.52. The summed E-state index contributed by atoms with van der Waals surface area (Å²) in [5.41, 5.74) is 0.379. The number of carbonyl (C=O) groups is 1. The molecule has 8 heteroatoms. The highest BCUT2D eigenvalue weighted by Gasteiger charge is 2.12. The van der Waals surface area contributed by atoms with Gasteiger partial charge in [-0.3, -0.25) is 4.79 Å². The number of hydrogen-bond donors (Lipinski definition) is 2. The van der Waals surface area contributed by atoms with Gasteiger partial charge in [-0.1, -0.05) is 23.7 Å². The number of rotatable bonds is 5. The van der Waals surface area contributed by atoms with Crippen molar-refractivity contribution in [3.63, 3.8) is 0 Å². The molecule has 0 saturated heterocycles. The maximum Gasteiger partial charge on any atom is 0.342 e. The Bertz CT molecular complexity index is 1100. The van der Waals surface area contributed by atoms with Gasteiger partial charge in [-0.05, 0) is 35.9 Å². The molecule has 1 aromatic heterocycles. The van der Waals surface area contributed by atoms with E-state index < -0.39 is 17.1 Å². The van der Waals surface area contributed by atoms with Crippen LogP contribution in [0.15, 0.2) is 53.5 Å². The molecule has 0 bridgehead atoms. The summed E-state index contributed by atoms with van der Waals surface area (Å²) in [5.74, 6) is -0.828. The molecular formula is C19H12ClN3O4. The molecule has 3 rings (SSSR count). The predicted octanol–water partition coefficient (Wildman–Crippen LogP) is 3.24. The molecule has 2 aromatic carbocycles. The molecule has 7 nitrogen and oxygen atoms in total. The lowest BCUT2D eigenvalue weighted by Gasteiger charge is -2.09. The van der Waals surface area contributed by atoms with Gasteiger partial charge in [-0.15, -0.1) is 0 Å². The highest BCUT2D eigenvalue weighted by atomic mass is 35.5. The van der Waals surface area contributed by atoms with Crippen molar-refractivity contribution >= 4 is 17.6 Å². The summed E-state index contributed by atoms with van der Waals surface area (Å²) >= 11 is 5.84. The Morgan fingerprint density at radius 3 is 2.63 bits per heavy atom. The molecule has 0 unspecified atom stereocenters. The molecule has 0 spiro atoms. The average molecular weight is 382 g/mol. The Kier molecular flexibility index (Phi) is 5.20. The molecule has 3 aromatic rings. The first-order chi connectivity index (χ1) is 13.0. The summed E-state index contributed by atoms with van der Waals surface area (Å²) in [5, 5.41) is 18.9. The predicted molar refractivity (Wildman–Crippen MR) is 97.8 cm³/mol. The van der Waals surface area contributed by atoms with Crippen molar-refractivity contribution in [3.8, 4) is 23.2 Å². The molecule has 134 valence electrons. The number of nitrogens with zero attached hydrogens (tertiary/aromatic N) is 2. The summed E-state index contributed by atoms with van der Waals surface area (Å²) in [7, 11) is 0. The molecule has 0 amide bonds. The Labute approximate surface area is 158 Å². The first kappa shape index (κ1) is 18.2. The van der Waals surface area contributed by atoms with E-state index in [0.29, 0.717) is 16.3 Å². The highest BCUT2D eigenvalue weighted by molar-refractivity contribution is 6.30. The Morgan fingerprint density at radius 2 is 2.00 bits per heavy atom. The number of benzene rings is 2. The molecule has 0 radical (unpaired) electrons. The van der Waals surface area contributed by atoms with Crippen LogP contribution in [0.3, 0.4) is 0 Å². The normalized spacial score (nSPS) is 10.2. The van der Waals surface area contributed by atoms with Crippen LogP contribution in [0, 0.1) is 11.3 Å². The van der Waals surface area contributed by atoms with Gasteiger partial charge in [0.1, 0.15) is 29.8 Å². The van der Waals surface area contributed by atoms with Gasteiger partial charge >= 0.3 is 5.97 Å². The highest BCUT2D eigenvalue weighted by Crippen LogP contribution is 2.25. The number of hydrogen-bond acceptors (Lipinski definition) is 5. The standard InChI is InChI=1S/C19H12ClN3O4/c20-14-4-1-11(2-5-14)10-27-16-6-3-12(7-13(16)8-21)17-22-9-15(19(25)26)18(24)23-17/h1-7,9H,10H2,(H,25,26)(H,22,23,24). The lowest BCUT2D eigenvalue weighted by molar-refractivity contribution is 0.0694. The SMILES string of the molecule is N#Cc1cc(-c2ncc(C(=O)O)c(=O)[nH]2)ccc1OCc1ccc(Cl)cc1. The van der Waals surface area contributed by atoms with Gasteiger partial charge in [0.25, 0.3) is 5.56 Å². The minimum atomic E-state index is -1.36. The van der Waals surface area contributed by atoms with Crippen LogP contribution in [-0.4, -0.2) is 21.0 Å². The fourth-order valence-corrected chi connectivity index (χ4v) is 2.45. The van der Waals surface area contributed by atoms with Crippen molar-refractivity contribution in [1.29, 1.82) is 5.26 Å². The zero-order chi connectivity index (χ0) is 19.4. The van der Waals surface area contributed by atoms with Crippen LogP contribution in [0.1, 0.15) is 21.5 Å². The van der Waals surface area contributed by atoms with Gasteiger partial charge in [-0.2, -0.15) is 5.26 Å². The number of carboxylic acids is 1. The molecule has 0 atom stereocenters. The van der Waals surface area contributed by atoms with Gasteiger partial charge < -0.3 is 14.8 Å². The first-order valence-electron chi connectivity index (χ1n) is 7.72. The van der Waals surface area contributed by atoms with E-state index in [4.69, 9.17) is 21.4 Å². The van der Waals surface area contributed by atoms with Crippen molar-refractivity contribution in [2.24, 2.45) is 0 Å². The minimum absolute atomic E-state index is 0.158. The number of aromatic amines is 1. The number of halogens is 1. The number of carboxylic acid groups (broad SMARTS) is 1. The van der Waals surface area contributed by atoms with Crippen molar-refractivity contribution in [2.75, 3.05) is 0 Å². The number of ether oxygens (including phenoxy) is 1. The molecule has 2 N–H and O–H groups in total. The summed E-state index contributed by atoms with van der Waals surface area (Å²) in [4.78, 5) is 29.0. The summed E-state index contributed by atoms with van der Waals surface area (Å²) < 4.78 is 5.68. The maximum absolute atomic E-state index is 11.8. The number of H-pyrrole nitrogens is 1. The van der Waals surface area contributed by atoms with Crippen LogP contribution in [0.25, 0.3) is 11.4 Å². The van der Waals surface area contributed by atoms with Crippen LogP contribution in [0.2, 0.25) is 5.02 Å². The van der Waals surface area contributed by atoms with Crippen molar-refractivity contribution in [2.45, 2.75) is 6.61 Å². The zero-order valence-electron chi connectivity index (χ0n) is 13.8.